The molecule has 8 heteroatoms. The third-order valence-electron chi connectivity index (χ3n) is 6.48. The van der Waals surface area contributed by atoms with Gasteiger partial charge in [-0.2, -0.15) is 8.78 Å². The molecule has 0 radical (unpaired) electrons. The van der Waals surface area contributed by atoms with E-state index >= 15 is 0 Å². The summed E-state index contributed by atoms with van der Waals surface area (Å²) in [7, 11) is 1.52. The van der Waals surface area contributed by atoms with Crippen molar-refractivity contribution in [1.82, 2.24) is 10.6 Å². The third-order valence-corrected chi connectivity index (χ3v) is 6.81. The first-order chi connectivity index (χ1) is 16.6. The molecule has 0 spiro atoms. The molecule has 1 fully saturated rings. The fourth-order valence-corrected chi connectivity index (χ4v) is 4.69. The Kier molecular flexibility index (Phi) is 12.1. The first-order valence-electron chi connectivity index (χ1n) is 12.8. The van der Waals surface area contributed by atoms with Crippen LogP contribution < -0.4 is 10.6 Å². The van der Waals surface area contributed by atoms with E-state index in [1.807, 2.05) is 6.92 Å². The molecule has 0 heterocycles. The van der Waals surface area contributed by atoms with Gasteiger partial charge in [0.2, 0.25) is 5.91 Å². The Morgan fingerprint density at radius 3 is 2.57 bits per heavy atom. The summed E-state index contributed by atoms with van der Waals surface area (Å²) in [5.74, 6) is 0.176. The Labute approximate surface area is 211 Å². The van der Waals surface area contributed by atoms with Crippen LogP contribution in [-0.2, 0) is 20.0 Å². The number of hydrogen-bond donors (Lipinski definition) is 2. The highest BCUT2D eigenvalue weighted by atomic mass is 31.0. The van der Waals surface area contributed by atoms with Crippen molar-refractivity contribution >= 4 is 26.8 Å². The molecule has 1 aromatic rings. The van der Waals surface area contributed by atoms with Crippen LogP contribution in [0.1, 0.15) is 89.7 Å². The zero-order valence-corrected chi connectivity index (χ0v) is 22.4. The van der Waals surface area contributed by atoms with Crippen molar-refractivity contribution in [2.45, 2.75) is 96.3 Å². The Hall–Kier alpha value is -2.01. The number of carbonyl (C=O) groups excluding carboxylic acids is 2. The number of rotatable bonds is 13. The molecule has 0 aromatic heterocycles. The summed E-state index contributed by atoms with van der Waals surface area (Å²) < 4.78 is 33.1. The number of carbonyl (C=O) groups is 2. The summed E-state index contributed by atoms with van der Waals surface area (Å²) >= 11 is 0. The Bertz CT molecular complexity index is 851. The number of alkyl halides is 2. The summed E-state index contributed by atoms with van der Waals surface area (Å²) in [6.45, 7) is 5.51. The normalized spacial score (nSPS) is 16.9. The predicted molar refractivity (Wildman–Crippen MR) is 140 cm³/mol. The average molecular weight is 511 g/mol. The fourth-order valence-electron chi connectivity index (χ4n) is 4.51. The minimum atomic E-state index is -3.06. The van der Waals surface area contributed by atoms with E-state index in [1.54, 1.807) is 19.1 Å². The summed E-state index contributed by atoms with van der Waals surface area (Å²) in [6.07, 6.45) is 10.9. The number of hydrogen-bond acceptors (Lipinski definition) is 3. The maximum atomic E-state index is 13.7. The van der Waals surface area contributed by atoms with Gasteiger partial charge >= 0.3 is 0 Å². The van der Waals surface area contributed by atoms with Crippen LogP contribution >= 0.6 is 9.24 Å². The molecule has 2 amide bonds. The maximum Gasteiger partial charge on any atom is 0.283 e. The van der Waals surface area contributed by atoms with Crippen molar-refractivity contribution in [1.29, 1.82) is 0 Å². The van der Waals surface area contributed by atoms with Crippen molar-refractivity contribution in [3.05, 3.63) is 41.5 Å². The van der Waals surface area contributed by atoms with Crippen LogP contribution in [0.2, 0.25) is 0 Å². The first-order valence-corrected chi connectivity index (χ1v) is 13.4. The molecule has 2 unspecified atom stereocenters. The molecule has 1 aliphatic rings. The van der Waals surface area contributed by atoms with Gasteiger partial charge in [0.05, 0.1) is 0 Å². The number of amides is 2. The van der Waals surface area contributed by atoms with E-state index in [0.29, 0.717) is 23.7 Å². The molecule has 0 bridgehead atoms. The van der Waals surface area contributed by atoms with Gasteiger partial charge < -0.3 is 15.4 Å². The third kappa shape index (κ3) is 10.2. The van der Waals surface area contributed by atoms with E-state index in [-0.39, 0.29) is 24.1 Å². The molecule has 2 N–H and O–H groups in total. The second kappa shape index (κ2) is 14.5. The standard InChI is InChI=1S/C27H41F2N2O3P/c1-4-6-11-19(3)30-26(33)23(16-20-12-8-7-9-13-20)31-25(32)18-34-24(5-2)21-14-10-15-22(17-21)27(28,29)35/h5,10,14-15,17,19-20,23H,4,6-9,11-13,16,18,35H2,1-3H3,(H,30,33)(H,31,32)/b24-5-/t19-,23?/m1/s1. The number of unbranched alkanes of at least 4 members (excludes halogenated alkanes) is 1. The number of nitrogens with one attached hydrogen (secondary N) is 2. The minimum absolute atomic E-state index is 0.0428. The zero-order chi connectivity index (χ0) is 25.8. The van der Waals surface area contributed by atoms with E-state index in [4.69, 9.17) is 4.74 Å². The topological polar surface area (TPSA) is 67.4 Å². The molecule has 35 heavy (non-hydrogen) atoms. The summed E-state index contributed by atoms with van der Waals surface area (Å²) in [4.78, 5) is 25.8. The van der Waals surface area contributed by atoms with Crippen LogP contribution in [0.4, 0.5) is 8.78 Å². The van der Waals surface area contributed by atoms with Crippen LogP contribution in [0.3, 0.4) is 0 Å². The van der Waals surface area contributed by atoms with Crippen molar-refractivity contribution in [2.24, 2.45) is 5.92 Å². The second-order valence-corrected chi connectivity index (χ2v) is 10.3. The molecule has 1 aromatic carbocycles. The van der Waals surface area contributed by atoms with Crippen molar-refractivity contribution < 1.29 is 23.1 Å². The van der Waals surface area contributed by atoms with E-state index in [1.165, 1.54) is 33.9 Å². The van der Waals surface area contributed by atoms with Crippen molar-refractivity contribution in [3.63, 3.8) is 0 Å². The van der Waals surface area contributed by atoms with E-state index < -0.39 is 17.6 Å². The van der Waals surface area contributed by atoms with Crippen LogP contribution in [0.15, 0.2) is 30.3 Å². The van der Waals surface area contributed by atoms with Gasteiger partial charge in [-0.05, 0) is 44.7 Å². The summed E-state index contributed by atoms with van der Waals surface area (Å²) in [6, 6.07) is 5.29. The molecular weight excluding hydrogens is 469 g/mol. The lowest BCUT2D eigenvalue weighted by molar-refractivity contribution is -0.131. The quantitative estimate of drug-likeness (QED) is 0.248. The first kappa shape index (κ1) is 29.2. The predicted octanol–water partition coefficient (Wildman–Crippen LogP) is 6.14. The highest BCUT2D eigenvalue weighted by molar-refractivity contribution is 7.17. The molecule has 2 rings (SSSR count). The molecular formula is C27H41F2N2O3P. The molecule has 1 aliphatic carbocycles. The maximum absolute atomic E-state index is 13.7. The van der Waals surface area contributed by atoms with Gasteiger partial charge in [0.1, 0.15) is 11.8 Å². The lowest BCUT2D eigenvalue weighted by Gasteiger charge is -2.27. The molecule has 0 aliphatic heterocycles. The summed E-state index contributed by atoms with van der Waals surface area (Å²) in [5, 5.41) is 5.92. The van der Waals surface area contributed by atoms with Crippen molar-refractivity contribution in [2.75, 3.05) is 6.61 Å². The van der Waals surface area contributed by atoms with Crippen LogP contribution in [0.5, 0.6) is 0 Å². The van der Waals surface area contributed by atoms with Gasteiger partial charge in [-0.25, -0.2) is 0 Å². The molecule has 1 saturated carbocycles. The molecule has 0 saturated heterocycles. The van der Waals surface area contributed by atoms with E-state index in [0.717, 1.165) is 44.9 Å². The van der Waals surface area contributed by atoms with Crippen LogP contribution in [0, 0.1) is 5.92 Å². The SMILES string of the molecule is C/C=C(\OCC(=O)NC(CC1CCCCC1)C(=O)N[C@H](C)CCCC)c1cccc(C(F)(F)P)c1. The van der Waals surface area contributed by atoms with Gasteiger partial charge in [-0.1, -0.05) is 79.3 Å². The Morgan fingerprint density at radius 2 is 1.94 bits per heavy atom. The lowest BCUT2D eigenvalue weighted by Crippen LogP contribution is -2.50. The number of ether oxygens (including phenoxy) is 1. The van der Waals surface area contributed by atoms with E-state index in [2.05, 4.69) is 17.6 Å². The van der Waals surface area contributed by atoms with Gasteiger partial charge in [0.15, 0.2) is 6.61 Å². The lowest BCUT2D eigenvalue weighted by atomic mass is 9.84. The monoisotopic (exact) mass is 510 g/mol. The van der Waals surface area contributed by atoms with Crippen LogP contribution in [0.25, 0.3) is 5.76 Å². The minimum Gasteiger partial charge on any atom is -0.484 e. The van der Waals surface area contributed by atoms with Crippen molar-refractivity contribution in [3.8, 4) is 0 Å². The number of halogens is 2. The highest BCUT2D eigenvalue weighted by Crippen LogP contribution is 2.36. The molecule has 5 nitrogen and oxygen atoms in total. The van der Waals surface area contributed by atoms with Gasteiger partial charge in [0.25, 0.3) is 11.6 Å². The molecule has 3 atom stereocenters. The second-order valence-electron chi connectivity index (χ2n) is 9.56. The van der Waals surface area contributed by atoms with E-state index in [9.17, 15) is 18.4 Å². The van der Waals surface area contributed by atoms with Crippen LogP contribution in [-0.4, -0.2) is 30.5 Å². The Morgan fingerprint density at radius 1 is 1.23 bits per heavy atom. The molecule has 196 valence electrons. The highest BCUT2D eigenvalue weighted by Gasteiger charge is 2.27. The zero-order valence-electron chi connectivity index (χ0n) is 21.2. The fraction of sp³-hybridized carbons (Fsp3) is 0.630. The number of allylic oxidation sites excluding steroid dienone is 1. The van der Waals surface area contributed by atoms with Gasteiger partial charge in [0, 0.05) is 17.2 Å². The largest absolute Gasteiger partial charge is 0.484 e. The number of benzene rings is 1. The van der Waals surface area contributed by atoms with Gasteiger partial charge in [-0.3, -0.25) is 9.59 Å². The van der Waals surface area contributed by atoms with Gasteiger partial charge in [-0.15, -0.1) is 0 Å². The smallest absolute Gasteiger partial charge is 0.283 e. The Balaban J connectivity index is 2.01. The average Bonchev–Trinajstić information content (AvgIpc) is 2.83. The summed E-state index contributed by atoms with van der Waals surface area (Å²) in [5.41, 5.74) is -2.75.